The molecule has 8 heteroatoms. The minimum atomic E-state index is -0.386. The first kappa shape index (κ1) is 15.4. The summed E-state index contributed by atoms with van der Waals surface area (Å²) in [7, 11) is 0. The van der Waals surface area contributed by atoms with Gasteiger partial charge >= 0.3 is 0 Å². The summed E-state index contributed by atoms with van der Waals surface area (Å²) in [5, 5.41) is 10.6. The molecular formula is C17H17N5O3. The van der Waals surface area contributed by atoms with Gasteiger partial charge in [0.15, 0.2) is 5.65 Å². The van der Waals surface area contributed by atoms with Crippen molar-refractivity contribution < 1.29 is 14.0 Å². The van der Waals surface area contributed by atoms with Crippen LogP contribution in [0.4, 0.5) is 5.69 Å². The summed E-state index contributed by atoms with van der Waals surface area (Å²) in [6.07, 6.45) is 3.34. The molecule has 128 valence electrons. The lowest BCUT2D eigenvalue weighted by molar-refractivity contribution is -0.128. The predicted molar refractivity (Wildman–Crippen MR) is 89.5 cm³/mol. The van der Waals surface area contributed by atoms with Gasteiger partial charge < -0.3 is 14.6 Å². The predicted octanol–water partition coefficient (Wildman–Crippen LogP) is 1.85. The number of amides is 2. The van der Waals surface area contributed by atoms with E-state index < -0.39 is 0 Å². The molecule has 0 bridgehead atoms. The first-order valence-electron chi connectivity index (χ1n) is 8.02. The maximum absolute atomic E-state index is 12.5. The summed E-state index contributed by atoms with van der Waals surface area (Å²) >= 11 is 0. The van der Waals surface area contributed by atoms with Gasteiger partial charge in [-0.3, -0.25) is 14.7 Å². The monoisotopic (exact) mass is 339 g/mol. The number of aryl methyl sites for hydroxylation is 1. The average Bonchev–Trinajstić information content (AvgIpc) is 3.31. The Bertz CT molecular complexity index is 931. The van der Waals surface area contributed by atoms with Crippen LogP contribution in [0.5, 0.6) is 0 Å². The van der Waals surface area contributed by atoms with Crippen LogP contribution in [0.1, 0.15) is 17.9 Å². The van der Waals surface area contributed by atoms with E-state index in [0.717, 1.165) is 11.1 Å². The first-order valence-corrected chi connectivity index (χ1v) is 8.02. The van der Waals surface area contributed by atoms with Crippen molar-refractivity contribution in [1.29, 1.82) is 0 Å². The fraction of sp³-hybridized carbons (Fsp3) is 0.294. The molecule has 2 amide bonds. The molecule has 1 aliphatic rings. The van der Waals surface area contributed by atoms with E-state index >= 15 is 0 Å². The van der Waals surface area contributed by atoms with Crippen LogP contribution in [0.3, 0.4) is 0 Å². The zero-order chi connectivity index (χ0) is 17.4. The number of rotatable bonds is 4. The highest BCUT2D eigenvalue weighted by Crippen LogP contribution is 2.23. The number of H-pyrrole nitrogens is 1. The second kappa shape index (κ2) is 6.04. The van der Waals surface area contributed by atoms with Crippen molar-refractivity contribution in [3.05, 3.63) is 42.1 Å². The van der Waals surface area contributed by atoms with Crippen molar-refractivity contribution in [2.75, 3.05) is 11.9 Å². The fourth-order valence-electron chi connectivity index (χ4n) is 3.02. The fourth-order valence-corrected chi connectivity index (χ4v) is 3.02. The number of furan rings is 1. The van der Waals surface area contributed by atoms with E-state index in [2.05, 4.69) is 20.5 Å². The van der Waals surface area contributed by atoms with Crippen LogP contribution in [0.15, 0.2) is 35.1 Å². The Labute approximate surface area is 143 Å². The number of aromatic amines is 1. The molecule has 1 aliphatic heterocycles. The molecule has 4 heterocycles. The smallest absolute Gasteiger partial charge is 0.229 e. The minimum absolute atomic E-state index is 0.0455. The molecular weight excluding hydrogens is 322 g/mol. The number of hydrogen-bond acceptors (Lipinski definition) is 5. The number of likely N-dealkylation sites (tertiary alicyclic amines) is 1. The maximum Gasteiger partial charge on any atom is 0.229 e. The SMILES string of the molecule is Cc1[nH]nc2ncc(NC(=O)[C@H]3CC(=O)N(Cc4ccco4)C3)cc12. The molecule has 0 saturated carbocycles. The van der Waals surface area contributed by atoms with E-state index in [0.29, 0.717) is 30.2 Å². The Kier molecular flexibility index (Phi) is 3.72. The molecule has 1 saturated heterocycles. The number of carbonyl (C=O) groups excluding carboxylic acids is 2. The summed E-state index contributed by atoms with van der Waals surface area (Å²) in [5.41, 5.74) is 2.09. The minimum Gasteiger partial charge on any atom is -0.467 e. The summed E-state index contributed by atoms with van der Waals surface area (Å²) in [6.45, 7) is 2.66. The molecule has 0 radical (unpaired) electrons. The van der Waals surface area contributed by atoms with E-state index in [-0.39, 0.29) is 24.2 Å². The van der Waals surface area contributed by atoms with E-state index in [9.17, 15) is 9.59 Å². The van der Waals surface area contributed by atoms with Crippen LogP contribution in [-0.4, -0.2) is 38.4 Å². The molecule has 1 atom stereocenters. The molecule has 0 unspecified atom stereocenters. The Balaban J connectivity index is 1.43. The number of nitrogens with one attached hydrogen (secondary N) is 2. The van der Waals surface area contributed by atoms with Crippen LogP contribution in [0.2, 0.25) is 0 Å². The van der Waals surface area contributed by atoms with E-state index in [1.807, 2.05) is 19.1 Å². The Morgan fingerprint density at radius 1 is 1.52 bits per heavy atom. The number of carbonyl (C=O) groups is 2. The molecule has 3 aromatic rings. The van der Waals surface area contributed by atoms with E-state index in [1.165, 1.54) is 0 Å². The Hall–Kier alpha value is -3.16. The van der Waals surface area contributed by atoms with Gasteiger partial charge in [0.2, 0.25) is 11.8 Å². The number of anilines is 1. The van der Waals surface area contributed by atoms with Gasteiger partial charge in [-0.1, -0.05) is 0 Å². The van der Waals surface area contributed by atoms with E-state index in [1.54, 1.807) is 23.4 Å². The lowest BCUT2D eigenvalue weighted by Gasteiger charge is -2.15. The van der Waals surface area contributed by atoms with Crippen molar-refractivity contribution in [2.45, 2.75) is 19.9 Å². The number of pyridine rings is 1. The third kappa shape index (κ3) is 2.98. The van der Waals surface area contributed by atoms with Crippen LogP contribution in [0.25, 0.3) is 11.0 Å². The van der Waals surface area contributed by atoms with Crippen LogP contribution >= 0.6 is 0 Å². The summed E-state index contributed by atoms with van der Waals surface area (Å²) in [5.74, 6) is 0.0940. The molecule has 0 aliphatic carbocycles. The van der Waals surface area contributed by atoms with Crippen LogP contribution in [-0.2, 0) is 16.1 Å². The summed E-state index contributed by atoms with van der Waals surface area (Å²) in [6, 6.07) is 5.42. The number of fused-ring (bicyclic) bond motifs is 1. The van der Waals surface area contributed by atoms with Crippen LogP contribution in [0, 0.1) is 12.8 Å². The van der Waals surface area contributed by atoms with Crippen molar-refractivity contribution >= 4 is 28.5 Å². The maximum atomic E-state index is 12.5. The van der Waals surface area contributed by atoms with Crippen LogP contribution < -0.4 is 5.32 Å². The molecule has 2 N–H and O–H groups in total. The Morgan fingerprint density at radius 3 is 3.20 bits per heavy atom. The van der Waals surface area contributed by atoms with Gasteiger partial charge in [-0.15, -0.1) is 0 Å². The number of nitrogens with zero attached hydrogens (tertiary/aromatic N) is 3. The third-order valence-electron chi connectivity index (χ3n) is 4.38. The molecule has 3 aromatic heterocycles. The quantitative estimate of drug-likeness (QED) is 0.755. The van der Waals surface area contributed by atoms with Gasteiger partial charge in [0.25, 0.3) is 0 Å². The van der Waals surface area contributed by atoms with Crippen molar-refractivity contribution in [3.8, 4) is 0 Å². The second-order valence-electron chi connectivity index (χ2n) is 6.19. The molecule has 25 heavy (non-hydrogen) atoms. The van der Waals surface area contributed by atoms with E-state index in [4.69, 9.17) is 4.42 Å². The highest BCUT2D eigenvalue weighted by Gasteiger charge is 2.34. The lowest BCUT2D eigenvalue weighted by atomic mass is 10.1. The molecule has 0 spiro atoms. The van der Waals surface area contributed by atoms with Crippen molar-refractivity contribution in [2.24, 2.45) is 5.92 Å². The molecule has 1 fully saturated rings. The first-order chi connectivity index (χ1) is 12.1. The van der Waals surface area contributed by atoms with Crippen molar-refractivity contribution in [3.63, 3.8) is 0 Å². The Morgan fingerprint density at radius 2 is 2.40 bits per heavy atom. The van der Waals surface area contributed by atoms with Gasteiger partial charge in [0, 0.05) is 24.0 Å². The highest BCUT2D eigenvalue weighted by atomic mass is 16.3. The number of hydrogen-bond donors (Lipinski definition) is 2. The summed E-state index contributed by atoms with van der Waals surface area (Å²) in [4.78, 5) is 30.5. The van der Waals surface area contributed by atoms with Crippen molar-refractivity contribution in [1.82, 2.24) is 20.1 Å². The molecule has 8 nitrogen and oxygen atoms in total. The molecule has 0 aromatic carbocycles. The molecule has 4 rings (SSSR count). The highest BCUT2D eigenvalue weighted by molar-refractivity contribution is 5.98. The van der Waals surface area contributed by atoms with Gasteiger partial charge in [-0.2, -0.15) is 5.10 Å². The number of aromatic nitrogens is 3. The van der Waals surface area contributed by atoms with Gasteiger partial charge in [0.1, 0.15) is 5.76 Å². The third-order valence-corrected chi connectivity index (χ3v) is 4.38. The zero-order valence-electron chi connectivity index (χ0n) is 13.7. The lowest BCUT2D eigenvalue weighted by Crippen LogP contribution is -2.27. The summed E-state index contributed by atoms with van der Waals surface area (Å²) < 4.78 is 5.27. The second-order valence-corrected chi connectivity index (χ2v) is 6.19. The van der Waals surface area contributed by atoms with Gasteiger partial charge in [-0.05, 0) is 25.1 Å². The van der Waals surface area contributed by atoms with Gasteiger partial charge in [-0.25, -0.2) is 4.98 Å². The standard InChI is InChI=1S/C17H17N5O3/c1-10-14-6-12(7-18-16(14)21-20-10)19-17(24)11-5-15(23)22(8-11)9-13-3-2-4-25-13/h2-4,6-7,11H,5,8-9H2,1H3,(H,19,24)(H,18,20,21)/t11-/m0/s1. The average molecular weight is 339 g/mol. The zero-order valence-corrected chi connectivity index (χ0v) is 13.7. The van der Waals surface area contributed by atoms with Gasteiger partial charge in [0.05, 0.1) is 30.6 Å². The normalized spacial score (nSPS) is 17.4. The topological polar surface area (TPSA) is 104 Å². The largest absolute Gasteiger partial charge is 0.467 e.